The number of hydrogen-bond acceptors (Lipinski definition) is 2. The zero-order valence-corrected chi connectivity index (χ0v) is 9.97. The van der Waals surface area contributed by atoms with Gasteiger partial charge in [0.25, 0.3) is 5.91 Å². The fraction of sp³-hybridized carbons (Fsp3) is 0.231. The first-order chi connectivity index (χ1) is 8.22. The highest BCUT2D eigenvalue weighted by Gasteiger charge is 2.12. The summed E-state index contributed by atoms with van der Waals surface area (Å²) in [6.45, 7) is 2.59. The summed E-state index contributed by atoms with van der Waals surface area (Å²) < 4.78 is 1.83. The fourth-order valence-electron chi connectivity index (χ4n) is 1.72. The average Bonchev–Trinajstić information content (AvgIpc) is 2.72. The Morgan fingerprint density at radius 1 is 1.35 bits per heavy atom. The molecule has 1 N–H and O–H groups in total. The zero-order chi connectivity index (χ0) is 12.3. The molecule has 1 aromatic heterocycles. The van der Waals surface area contributed by atoms with Crippen molar-refractivity contribution in [3.05, 3.63) is 53.3 Å². The second-order valence-corrected chi connectivity index (χ2v) is 3.87. The van der Waals surface area contributed by atoms with Crippen LogP contribution in [0.4, 0.5) is 0 Å². The van der Waals surface area contributed by atoms with Crippen LogP contribution in [0.2, 0.25) is 0 Å². The van der Waals surface area contributed by atoms with E-state index in [0.717, 1.165) is 5.69 Å². The summed E-state index contributed by atoms with van der Waals surface area (Å²) in [5, 5.41) is 6.84. The lowest BCUT2D eigenvalue weighted by Gasteiger charge is -2.05. The van der Waals surface area contributed by atoms with Crippen LogP contribution in [-0.2, 0) is 6.54 Å². The third kappa shape index (κ3) is 2.36. The lowest BCUT2D eigenvalue weighted by Crippen LogP contribution is -2.18. The Labute approximate surface area is 100 Å². The Morgan fingerprint density at radius 3 is 2.71 bits per heavy atom. The molecule has 0 fully saturated rings. The number of carbonyl (C=O) groups excluding carboxylic acids is 1. The van der Waals surface area contributed by atoms with Crippen molar-refractivity contribution in [1.82, 2.24) is 15.1 Å². The Bertz CT molecular complexity index is 517. The van der Waals surface area contributed by atoms with Crippen LogP contribution in [0.3, 0.4) is 0 Å². The highest BCUT2D eigenvalue weighted by atomic mass is 16.1. The van der Waals surface area contributed by atoms with Crippen LogP contribution < -0.4 is 5.32 Å². The normalized spacial score (nSPS) is 10.2. The van der Waals surface area contributed by atoms with Gasteiger partial charge in [-0.1, -0.05) is 30.3 Å². The summed E-state index contributed by atoms with van der Waals surface area (Å²) in [7, 11) is 1.62. The Hall–Kier alpha value is -2.10. The molecule has 0 aliphatic heterocycles. The van der Waals surface area contributed by atoms with Crippen LogP contribution in [-0.4, -0.2) is 22.7 Å². The van der Waals surface area contributed by atoms with Gasteiger partial charge in [0, 0.05) is 12.7 Å². The Balaban J connectivity index is 2.24. The number of aromatic nitrogens is 2. The van der Waals surface area contributed by atoms with Crippen LogP contribution in [0.1, 0.15) is 21.6 Å². The topological polar surface area (TPSA) is 46.9 Å². The highest BCUT2D eigenvalue weighted by Crippen LogP contribution is 2.09. The molecule has 17 heavy (non-hydrogen) atoms. The van der Waals surface area contributed by atoms with Gasteiger partial charge in [-0.2, -0.15) is 5.10 Å². The molecule has 0 bridgehead atoms. The summed E-state index contributed by atoms with van der Waals surface area (Å²) in [4.78, 5) is 11.5. The van der Waals surface area contributed by atoms with E-state index in [4.69, 9.17) is 0 Å². The SMILES string of the molecule is CNC(=O)c1cnn(Cc2ccccc2)c1C. The lowest BCUT2D eigenvalue weighted by molar-refractivity contribution is 0.0962. The number of carbonyl (C=O) groups is 1. The molecule has 2 rings (SSSR count). The summed E-state index contributed by atoms with van der Waals surface area (Å²) >= 11 is 0. The predicted octanol–water partition coefficient (Wildman–Crippen LogP) is 1.60. The van der Waals surface area contributed by atoms with Crippen molar-refractivity contribution < 1.29 is 4.79 Å². The predicted molar refractivity (Wildman–Crippen MR) is 65.9 cm³/mol. The molecule has 4 nitrogen and oxygen atoms in total. The Morgan fingerprint density at radius 2 is 2.06 bits per heavy atom. The molecule has 4 heteroatoms. The largest absolute Gasteiger partial charge is 0.355 e. The van der Waals surface area contributed by atoms with Crippen LogP contribution >= 0.6 is 0 Å². The zero-order valence-electron chi connectivity index (χ0n) is 9.97. The van der Waals surface area contributed by atoms with Gasteiger partial charge in [-0.15, -0.1) is 0 Å². The maximum atomic E-state index is 11.5. The van der Waals surface area contributed by atoms with Gasteiger partial charge < -0.3 is 5.32 Å². The van der Waals surface area contributed by atoms with E-state index < -0.39 is 0 Å². The standard InChI is InChI=1S/C13H15N3O/c1-10-12(13(17)14-2)8-15-16(10)9-11-6-4-3-5-7-11/h3-8H,9H2,1-2H3,(H,14,17). The van der Waals surface area contributed by atoms with Crippen molar-refractivity contribution in [2.24, 2.45) is 0 Å². The summed E-state index contributed by atoms with van der Waals surface area (Å²) in [6, 6.07) is 10.1. The highest BCUT2D eigenvalue weighted by molar-refractivity contribution is 5.94. The lowest BCUT2D eigenvalue weighted by atomic mass is 10.2. The maximum Gasteiger partial charge on any atom is 0.254 e. The third-order valence-electron chi connectivity index (χ3n) is 2.75. The molecule has 0 aliphatic carbocycles. The van der Waals surface area contributed by atoms with Crippen molar-refractivity contribution in [1.29, 1.82) is 0 Å². The van der Waals surface area contributed by atoms with Crippen molar-refractivity contribution in [2.45, 2.75) is 13.5 Å². The molecule has 0 saturated heterocycles. The molecular weight excluding hydrogens is 214 g/mol. The van der Waals surface area contributed by atoms with Crippen LogP contribution in [0, 0.1) is 6.92 Å². The maximum absolute atomic E-state index is 11.5. The van der Waals surface area contributed by atoms with Crippen molar-refractivity contribution in [2.75, 3.05) is 7.05 Å². The van der Waals surface area contributed by atoms with Gasteiger partial charge in [-0.05, 0) is 12.5 Å². The number of rotatable bonds is 3. The van der Waals surface area contributed by atoms with Crippen LogP contribution in [0.5, 0.6) is 0 Å². The monoisotopic (exact) mass is 229 g/mol. The molecule has 1 heterocycles. The summed E-state index contributed by atoms with van der Waals surface area (Å²) in [5.41, 5.74) is 2.68. The van der Waals surface area contributed by atoms with Gasteiger partial charge in [0.05, 0.1) is 18.3 Å². The summed E-state index contributed by atoms with van der Waals surface area (Å²) in [5.74, 6) is -0.0955. The number of hydrogen-bond donors (Lipinski definition) is 1. The van der Waals surface area contributed by atoms with E-state index in [0.29, 0.717) is 12.1 Å². The molecule has 1 amide bonds. The molecule has 2 aromatic rings. The number of nitrogens with one attached hydrogen (secondary N) is 1. The summed E-state index contributed by atoms with van der Waals surface area (Å²) in [6.07, 6.45) is 1.61. The minimum Gasteiger partial charge on any atom is -0.355 e. The first-order valence-electron chi connectivity index (χ1n) is 5.51. The molecule has 0 unspecified atom stereocenters. The van der Waals surface area contributed by atoms with Gasteiger partial charge in [0.2, 0.25) is 0 Å². The molecule has 0 aliphatic rings. The van der Waals surface area contributed by atoms with Gasteiger partial charge in [-0.3, -0.25) is 9.48 Å². The number of nitrogens with zero attached hydrogens (tertiary/aromatic N) is 2. The quantitative estimate of drug-likeness (QED) is 0.869. The van der Waals surface area contributed by atoms with Gasteiger partial charge in [0.1, 0.15) is 0 Å². The van der Waals surface area contributed by atoms with Crippen molar-refractivity contribution in [3.63, 3.8) is 0 Å². The van der Waals surface area contributed by atoms with E-state index in [1.54, 1.807) is 13.2 Å². The van der Waals surface area contributed by atoms with E-state index in [1.807, 2.05) is 41.9 Å². The average molecular weight is 229 g/mol. The van der Waals surface area contributed by atoms with Gasteiger partial charge in [0.15, 0.2) is 0 Å². The first kappa shape index (κ1) is 11.4. The van der Waals surface area contributed by atoms with E-state index in [-0.39, 0.29) is 5.91 Å². The smallest absolute Gasteiger partial charge is 0.254 e. The molecule has 0 atom stereocenters. The third-order valence-corrected chi connectivity index (χ3v) is 2.75. The molecule has 0 spiro atoms. The number of benzene rings is 1. The van der Waals surface area contributed by atoms with Gasteiger partial charge >= 0.3 is 0 Å². The minimum atomic E-state index is -0.0955. The van der Waals surface area contributed by atoms with E-state index in [2.05, 4.69) is 10.4 Å². The molecule has 88 valence electrons. The van der Waals surface area contributed by atoms with E-state index in [1.165, 1.54) is 5.56 Å². The van der Waals surface area contributed by atoms with Crippen molar-refractivity contribution in [3.8, 4) is 0 Å². The van der Waals surface area contributed by atoms with Crippen molar-refractivity contribution >= 4 is 5.91 Å². The van der Waals surface area contributed by atoms with E-state index >= 15 is 0 Å². The van der Waals surface area contributed by atoms with Crippen LogP contribution in [0.25, 0.3) is 0 Å². The molecule has 0 radical (unpaired) electrons. The molecule has 1 aromatic carbocycles. The molecular formula is C13H15N3O. The van der Waals surface area contributed by atoms with Gasteiger partial charge in [-0.25, -0.2) is 0 Å². The Kier molecular flexibility index (Phi) is 3.23. The molecule has 0 saturated carbocycles. The second kappa shape index (κ2) is 4.82. The minimum absolute atomic E-state index is 0.0955. The van der Waals surface area contributed by atoms with E-state index in [9.17, 15) is 4.79 Å². The fourth-order valence-corrected chi connectivity index (χ4v) is 1.72. The van der Waals surface area contributed by atoms with Crippen LogP contribution in [0.15, 0.2) is 36.5 Å². The first-order valence-corrected chi connectivity index (χ1v) is 5.51. The second-order valence-electron chi connectivity index (χ2n) is 3.87. The number of amides is 1.